The van der Waals surface area contributed by atoms with Gasteiger partial charge in [-0.25, -0.2) is 0 Å². The van der Waals surface area contributed by atoms with E-state index in [1.807, 2.05) is 12.1 Å². The van der Waals surface area contributed by atoms with Gasteiger partial charge in [0.1, 0.15) is 0 Å². The van der Waals surface area contributed by atoms with E-state index in [0.29, 0.717) is 56.4 Å². The zero-order chi connectivity index (χ0) is 21.8. The number of methoxy groups -OCH3 is 3. The number of aromatic nitrogens is 4. The molecule has 0 atom stereocenters. The van der Waals surface area contributed by atoms with Crippen molar-refractivity contribution in [3.8, 4) is 40.2 Å². The molecule has 2 heterocycles. The molecule has 160 valence electrons. The molecular weight excluding hydrogens is 444 g/mol. The van der Waals surface area contributed by atoms with E-state index in [9.17, 15) is 0 Å². The predicted octanol–water partition coefficient (Wildman–Crippen LogP) is 4.76. The van der Waals surface area contributed by atoms with Crippen molar-refractivity contribution >= 4 is 23.4 Å². The molecule has 0 aliphatic carbocycles. The van der Waals surface area contributed by atoms with Gasteiger partial charge in [0, 0.05) is 16.1 Å². The summed E-state index contributed by atoms with van der Waals surface area (Å²) in [4.78, 5) is 4.38. The van der Waals surface area contributed by atoms with E-state index in [2.05, 4.69) is 20.3 Å². The third-order valence-electron chi connectivity index (χ3n) is 4.20. The summed E-state index contributed by atoms with van der Waals surface area (Å²) in [5.74, 6) is 3.09. The number of benzene rings is 2. The molecule has 0 amide bonds. The van der Waals surface area contributed by atoms with Crippen molar-refractivity contribution in [3.05, 3.63) is 47.2 Å². The molecule has 0 saturated carbocycles. The summed E-state index contributed by atoms with van der Waals surface area (Å²) in [5, 5.41) is 13.2. The van der Waals surface area contributed by atoms with Gasteiger partial charge in [0.05, 0.1) is 27.1 Å². The van der Waals surface area contributed by atoms with E-state index in [0.717, 1.165) is 5.56 Å². The monoisotopic (exact) mass is 460 g/mol. The summed E-state index contributed by atoms with van der Waals surface area (Å²) in [6.45, 7) is 0. The van der Waals surface area contributed by atoms with E-state index in [1.54, 1.807) is 38.5 Å². The Hall–Kier alpha value is -3.24. The van der Waals surface area contributed by atoms with Gasteiger partial charge in [-0.2, -0.15) is 4.98 Å². The molecule has 11 heteroatoms. The van der Waals surface area contributed by atoms with Gasteiger partial charge in [0.25, 0.3) is 11.1 Å². The minimum Gasteiger partial charge on any atom is -0.493 e. The predicted molar refractivity (Wildman–Crippen MR) is 114 cm³/mol. The zero-order valence-corrected chi connectivity index (χ0v) is 18.4. The van der Waals surface area contributed by atoms with Crippen LogP contribution in [-0.4, -0.2) is 41.7 Å². The first-order valence-corrected chi connectivity index (χ1v) is 10.3. The molecule has 0 aliphatic heterocycles. The molecule has 0 bridgehead atoms. The van der Waals surface area contributed by atoms with Gasteiger partial charge in [0.2, 0.25) is 11.6 Å². The Morgan fingerprint density at radius 3 is 2.26 bits per heavy atom. The van der Waals surface area contributed by atoms with Gasteiger partial charge in [-0.15, -0.1) is 10.2 Å². The molecule has 0 fully saturated rings. The Bertz CT molecular complexity index is 1150. The lowest BCUT2D eigenvalue weighted by atomic mass is 10.2. The highest BCUT2D eigenvalue weighted by Gasteiger charge is 2.18. The highest BCUT2D eigenvalue weighted by molar-refractivity contribution is 7.98. The second kappa shape index (κ2) is 9.27. The quantitative estimate of drug-likeness (QED) is 0.341. The van der Waals surface area contributed by atoms with Crippen molar-refractivity contribution in [1.29, 1.82) is 0 Å². The Labute approximate surface area is 186 Å². The van der Waals surface area contributed by atoms with Crippen molar-refractivity contribution < 1.29 is 23.2 Å². The number of rotatable bonds is 8. The summed E-state index contributed by atoms with van der Waals surface area (Å²) in [5.41, 5.74) is 1.43. The van der Waals surface area contributed by atoms with Crippen molar-refractivity contribution in [2.75, 3.05) is 21.3 Å². The average Bonchev–Trinajstić information content (AvgIpc) is 3.47. The highest BCUT2D eigenvalue weighted by Crippen LogP contribution is 2.41. The fourth-order valence-electron chi connectivity index (χ4n) is 2.74. The van der Waals surface area contributed by atoms with Crippen LogP contribution in [0.25, 0.3) is 22.9 Å². The van der Waals surface area contributed by atoms with Crippen LogP contribution in [0.5, 0.6) is 17.2 Å². The molecule has 0 N–H and O–H groups in total. The molecule has 9 nitrogen and oxygen atoms in total. The summed E-state index contributed by atoms with van der Waals surface area (Å²) >= 11 is 7.20. The summed E-state index contributed by atoms with van der Waals surface area (Å²) in [6, 6.07) is 10.6. The third kappa shape index (κ3) is 4.59. The van der Waals surface area contributed by atoms with E-state index in [4.69, 9.17) is 34.8 Å². The molecular formula is C20H17ClN4O5S. The SMILES string of the molecule is COc1cc(-c2nnc(SCc3noc(-c4ccc(Cl)cc4)n3)o2)cc(OC)c1OC. The molecule has 31 heavy (non-hydrogen) atoms. The molecule has 4 aromatic rings. The van der Waals surface area contributed by atoms with Crippen LogP contribution < -0.4 is 14.2 Å². The summed E-state index contributed by atoms with van der Waals surface area (Å²) in [6.07, 6.45) is 0. The van der Waals surface area contributed by atoms with Crippen LogP contribution >= 0.6 is 23.4 Å². The molecule has 0 unspecified atom stereocenters. The molecule has 0 spiro atoms. The van der Waals surface area contributed by atoms with Crippen LogP contribution in [0.1, 0.15) is 5.82 Å². The standard InChI is InChI=1S/C20H17ClN4O5S/c1-26-14-8-12(9-15(27-2)17(14)28-3)19-23-24-20(29-19)31-10-16-22-18(30-25-16)11-4-6-13(21)7-5-11/h4-9H,10H2,1-3H3. The van der Waals surface area contributed by atoms with Gasteiger partial charge in [0.15, 0.2) is 17.3 Å². The first-order valence-electron chi connectivity index (χ1n) is 8.96. The fourth-order valence-corrected chi connectivity index (χ4v) is 3.47. The van der Waals surface area contributed by atoms with E-state index < -0.39 is 0 Å². The van der Waals surface area contributed by atoms with E-state index in [1.165, 1.54) is 18.9 Å². The van der Waals surface area contributed by atoms with Crippen LogP contribution in [0.2, 0.25) is 5.02 Å². The zero-order valence-electron chi connectivity index (χ0n) is 16.8. The lowest BCUT2D eigenvalue weighted by molar-refractivity contribution is 0.324. The van der Waals surface area contributed by atoms with Crippen molar-refractivity contribution in [2.45, 2.75) is 11.0 Å². The minimum atomic E-state index is 0.316. The number of hydrogen-bond acceptors (Lipinski definition) is 10. The number of nitrogens with zero attached hydrogens (tertiary/aromatic N) is 4. The number of thioether (sulfide) groups is 1. The van der Waals surface area contributed by atoms with Crippen molar-refractivity contribution in [1.82, 2.24) is 20.3 Å². The largest absolute Gasteiger partial charge is 0.493 e. The third-order valence-corrected chi connectivity index (χ3v) is 5.27. The number of hydrogen-bond donors (Lipinski definition) is 0. The Kier molecular flexibility index (Phi) is 6.28. The van der Waals surface area contributed by atoms with Gasteiger partial charge >= 0.3 is 0 Å². The van der Waals surface area contributed by atoms with Crippen LogP contribution in [0, 0.1) is 0 Å². The molecule has 0 radical (unpaired) electrons. The van der Waals surface area contributed by atoms with Crippen molar-refractivity contribution in [2.24, 2.45) is 0 Å². The maximum absolute atomic E-state index is 5.90. The second-order valence-corrected chi connectivity index (χ2v) is 7.46. The van der Waals surface area contributed by atoms with Crippen LogP contribution in [0.3, 0.4) is 0 Å². The minimum absolute atomic E-state index is 0.316. The van der Waals surface area contributed by atoms with Gasteiger partial charge < -0.3 is 23.2 Å². The van der Waals surface area contributed by atoms with Crippen LogP contribution in [0.15, 0.2) is 50.6 Å². The van der Waals surface area contributed by atoms with Gasteiger partial charge in [-0.1, -0.05) is 28.5 Å². The fraction of sp³-hybridized carbons (Fsp3) is 0.200. The lowest BCUT2D eigenvalue weighted by Gasteiger charge is -2.12. The molecule has 2 aromatic heterocycles. The second-order valence-electron chi connectivity index (χ2n) is 6.10. The lowest BCUT2D eigenvalue weighted by Crippen LogP contribution is -1.95. The van der Waals surface area contributed by atoms with Crippen molar-refractivity contribution in [3.63, 3.8) is 0 Å². The molecule has 4 rings (SSSR count). The summed E-state index contributed by atoms with van der Waals surface area (Å²) in [7, 11) is 4.62. The number of halogens is 1. The number of ether oxygens (including phenoxy) is 3. The Morgan fingerprint density at radius 1 is 0.903 bits per heavy atom. The smallest absolute Gasteiger partial charge is 0.277 e. The maximum atomic E-state index is 5.90. The van der Waals surface area contributed by atoms with E-state index >= 15 is 0 Å². The topological polar surface area (TPSA) is 106 Å². The first-order chi connectivity index (χ1) is 15.1. The summed E-state index contributed by atoms with van der Waals surface area (Å²) < 4.78 is 27.1. The molecule has 2 aromatic carbocycles. The average molecular weight is 461 g/mol. The normalized spacial score (nSPS) is 10.8. The highest BCUT2D eigenvalue weighted by atomic mass is 35.5. The Balaban J connectivity index is 1.47. The van der Waals surface area contributed by atoms with Gasteiger partial charge in [-0.3, -0.25) is 0 Å². The van der Waals surface area contributed by atoms with Gasteiger partial charge in [-0.05, 0) is 36.4 Å². The molecule has 0 saturated heterocycles. The Morgan fingerprint density at radius 2 is 1.61 bits per heavy atom. The maximum Gasteiger partial charge on any atom is 0.277 e. The first kappa shape index (κ1) is 21.0. The van der Waals surface area contributed by atoms with E-state index in [-0.39, 0.29) is 0 Å². The van der Waals surface area contributed by atoms with Crippen LogP contribution in [-0.2, 0) is 5.75 Å². The van der Waals surface area contributed by atoms with Crippen LogP contribution in [0.4, 0.5) is 0 Å². The molecule has 0 aliphatic rings.